The molecular formula is C9H10BrNO2S. The predicted octanol–water partition coefficient (Wildman–Crippen LogP) is 2.54. The van der Waals surface area contributed by atoms with Gasteiger partial charge in [0.25, 0.3) is 0 Å². The fourth-order valence-corrected chi connectivity index (χ4v) is 2.16. The number of halogens is 1. The molecule has 14 heavy (non-hydrogen) atoms. The van der Waals surface area contributed by atoms with Gasteiger partial charge in [-0.25, -0.2) is 4.79 Å². The number of nitrogens with two attached hydrogens (primary N) is 1. The molecule has 0 saturated heterocycles. The van der Waals surface area contributed by atoms with Crippen molar-refractivity contribution in [3.8, 4) is 0 Å². The highest BCUT2D eigenvalue weighted by Gasteiger charge is 2.11. The van der Waals surface area contributed by atoms with Gasteiger partial charge in [0.2, 0.25) is 0 Å². The number of ether oxygens (including phenoxy) is 1. The Morgan fingerprint density at radius 1 is 1.57 bits per heavy atom. The SMILES string of the molecule is COC(=O)c1cc(Br)c(N)c(SC)c1. The highest BCUT2D eigenvalue weighted by atomic mass is 79.9. The molecule has 0 atom stereocenters. The maximum atomic E-state index is 11.3. The first-order valence-corrected chi connectivity index (χ1v) is 5.83. The normalized spacial score (nSPS) is 9.93. The van der Waals surface area contributed by atoms with E-state index >= 15 is 0 Å². The molecule has 0 radical (unpaired) electrons. The summed E-state index contributed by atoms with van der Waals surface area (Å²) in [6, 6.07) is 3.37. The molecule has 1 rings (SSSR count). The first-order chi connectivity index (χ1) is 6.60. The molecule has 0 aliphatic heterocycles. The minimum atomic E-state index is -0.360. The van der Waals surface area contributed by atoms with Gasteiger partial charge in [0, 0.05) is 9.37 Å². The lowest BCUT2D eigenvalue weighted by Crippen LogP contribution is -2.02. The van der Waals surface area contributed by atoms with Gasteiger partial charge in [0.05, 0.1) is 18.4 Å². The molecule has 0 aromatic heterocycles. The van der Waals surface area contributed by atoms with Crippen LogP contribution in [0.2, 0.25) is 0 Å². The van der Waals surface area contributed by atoms with E-state index in [2.05, 4.69) is 20.7 Å². The highest BCUT2D eigenvalue weighted by Crippen LogP contribution is 2.31. The van der Waals surface area contributed by atoms with Gasteiger partial charge in [-0.1, -0.05) is 0 Å². The first-order valence-electron chi connectivity index (χ1n) is 3.81. The van der Waals surface area contributed by atoms with Gasteiger partial charge in [-0.2, -0.15) is 0 Å². The van der Waals surface area contributed by atoms with E-state index in [1.54, 1.807) is 12.1 Å². The quantitative estimate of drug-likeness (QED) is 0.512. The fourth-order valence-electron chi connectivity index (χ4n) is 0.997. The summed E-state index contributed by atoms with van der Waals surface area (Å²) < 4.78 is 5.33. The summed E-state index contributed by atoms with van der Waals surface area (Å²) >= 11 is 4.78. The topological polar surface area (TPSA) is 52.3 Å². The summed E-state index contributed by atoms with van der Waals surface area (Å²) in [6.07, 6.45) is 1.90. The number of hydrogen-bond donors (Lipinski definition) is 1. The summed E-state index contributed by atoms with van der Waals surface area (Å²) in [4.78, 5) is 12.1. The predicted molar refractivity (Wildman–Crippen MR) is 61.7 cm³/mol. The van der Waals surface area contributed by atoms with Gasteiger partial charge < -0.3 is 10.5 Å². The molecule has 0 aliphatic carbocycles. The van der Waals surface area contributed by atoms with Crippen molar-refractivity contribution in [2.24, 2.45) is 0 Å². The molecular weight excluding hydrogens is 266 g/mol. The average Bonchev–Trinajstić information content (AvgIpc) is 2.20. The number of thioether (sulfide) groups is 1. The van der Waals surface area contributed by atoms with E-state index in [9.17, 15) is 4.79 Å². The standard InChI is InChI=1S/C9H10BrNO2S/c1-13-9(12)5-3-6(10)8(11)7(4-5)14-2/h3-4H,11H2,1-2H3. The van der Waals surface area contributed by atoms with Crippen LogP contribution in [0, 0.1) is 0 Å². The highest BCUT2D eigenvalue weighted by molar-refractivity contribution is 9.10. The molecule has 3 nitrogen and oxygen atoms in total. The van der Waals surface area contributed by atoms with Crippen LogP contribution in [0.4, 0.5) is 5.69 Å². The van der Waals surface area contributed by atoms with E-state index in [1.165, 1.54) is 18.9 Å². The van der Waals surface area contributed by atoms with E-state index in [0.29, 0.717) is 15.7 Å². The number of benzene rings is 1. The molecule has 0 bridgehead atoms. The zero-order valence-corrected chi connectivity index (χ0v) is 10.2. The molecule has 5 heteroatoms. The second-order valence-corrected chi connectivity index (χ2v) is 4.27. The number of nitrogen functional groups attached to an aromatic ring is 1. The van der Waals surface area contributed by atoms with Gasteiger partial charge in [0.1, 0.15) is 0 Å². The van der Waals surface area contributed by atoms with Crippen LogP contribution in [0.1, 0.15) is 10.4 Å². The molecule has 0 unspecified atom stereocenters. The van der Waals surface area contributed by atoms with Crippen LogP contribution in [0.5, 0.6) is 0 Å². The number of carbonyl (C=O) groups excluding carboxylic acids is 1. The molecule has 1 aromatic rings. The Kier molecular flexibility index (Phi) is 3.83. The Morgan fingerprint density at radius 2 is 2.21 bits per heavy atom. The molecule has 0 amide bonds. The summed E-state index contributed by atoms with van der Waals surface area (Å²) in [5, 5.41) is 0. The maximum absolute atomic E-state index is 11.3. The second-order valence-electron chi connectivity index (χ2n) is 2.57. The number of esters is 1. The van der Waals surface area contributed by atoms with Crippen LogP contribution in [0.3, 0.4) is 0 Å². The van der Waals surface area contributed by atoms with Gasteiger partial charge in [-0.05, 0) is 34.3 Å². The zero-order valence-electron chi connectivity index (χ0n) is 7.83. The Hall–Kier alpha value is -0.680. The van der Waals surface area contributed by atoms with Crippen LogP contribution in [-0.2, 0) is 4.74 Å². The third-order valence-electron chi connectivity index (χ3n) is 1.73. The smallest absolute Gasteiger partial charge is 0.337 e. The molecule has 0 saturated carbocycles. The van der Waals surface area contributed by atoms with E-state index in [-0.39, 0.29) is 5.97 Å². The fraction of sp³-hybridized carbons (Fsp3) is 0.222. The van der Waals surface area contributed by atoms with Crippen molar-refractivity contribution < 1.29 is 9.53 Å². The number of anilines is 1. The van der Waals surface area contributed by atoms with Crippen molar-refractivity contribution in [2.75, 3.05) is 19.1 Å². The summed E-state index contributed by atoms with van der Waals surface area (Å²) in [5.41, 5.74) is 6.93. The van der Waals surface area contributed by atoms with Crippen LogP contribution in [0.25, 0.3) is 0 Å². The van der Waals surface area contributed by atoms with Crippen LogP contribution in [-0.4, -0.2) is 19.3 Å². The van der Waals surface area contributed by atoms with Crippen molar-refractivity contribution in [2.45, 2.75) is 4.90 Å². The van der Waals surface area contributed by atoms with Crippen LogP contribution < -0.4 is 5.73 Å². The molecule has 0 aliphatic rings. The lowest BCUT2D eigenvalue weighted by Gasteiger charge is -2.07. The Balaban J connectivity index is 3.22. The molecule has 0 fully saturated rings. The van der Waals surface area contributed by atoms with Crippen molar-refractivity contribution in [3.63, 3.8) is 0 Å². The van der Waals surface area contributed by atoms with Crippen molar-refractivity contribution in [1.29, 1.82) is 0 Å². The van der Waals surface area contributed by atoms with Gasteiger partial charge in [-0.15, -0.1) is 11.8 Å². The largest absolute Gasteiger partial charge is 0.465 e. The average molecular weight is 276 g/mol. The van der Waals surface area contributed by atoms with Crippen molar-refractivity contribution in [3.05, 3.63) is 22.2 Å². The van der Waals surface area contributed by atoms with Crippen molar-refractivity contribution >= 4 is 39.3 Å². The molecule has 0 spiro atoms. The van der Waals surface area contributed by atoms with E-state index in [1.807, 2.05) is 6.26 Å². The Morgan fingerprint density at radius 3 is 2.71 bits per heavy atom. The minimum Gasteiger partial charge on any atom is -0.465 e. The summed E-state index contributed by atoms with van der Waals surface area (Å²) in [7, 11) is 1.35. The van der Waals surface area contributed by atoms with E-state index in [4.69, 9.17) is 5.73 Å². The summed E-state index contributed by atoms with van der Waals surface area (Å²) in [6.45, 7) is 0. The third kappa shape index (κ3) is 2.22. The molecule has 1 aromatic carbocycles. The van der Waals surface area contributed by atoms with Crippen LogP contribution in [0.15, 0.2) is 21.5 Å². The van der Waals surface area contributed by atoms with Crippen molar-refractivity contribution in [1.82, 2.24) is 0 Å². The first kappa shape index (κ1) is 11.4. The Labute approximate surface area is 95.1 Å². The number of carbonyl (C=O) groups is 1. The monoisotopic (exact) mass is 275 g/mol. The molecule has 0 heterocycles. The number of rotatable bonds is 2. The maximum Gasteiger partial charge on any atom is 0.337 e. The zero-order chi connectivity index (χ0) is 10.7. The lowest BCUT2D eigenvalue weighted by molar-refractivity contribution is 0.0600. The van der Waals surface area contributed by atoms with E-state index in [0.717, 1.165) is 4.90 Å². The third-order valence-corrected chi connectivity index (χ3v) is 3.17. The molecule has 76 valence electrons. The second kappa shape index (κ2) is 4.70. The Bertz CT molecular complexity index is 368. The minimum absolute atomic E-state index is 0.360. The number of hydrogen-bond acceptors (Lipinski definition) is 4. The number of methoxy groups -OCH3 is 1. The lowest BCUT2D eigenvalue weighted by atomic mass is 10.2. The summed E-state index contributed by atoms with van der Waals surface area (Å²) in [5.74, 6) is -0.360. The van der Waals surface area contributed by atoms with Crippen LogP contribution >= 0.6 is 27.7 Å². The van der Waals surface area contributed by atoms with Gasteiger partial charge in [-0.3, -0.25) is 0 Å². The van der Waals surface area contributed by atoms with Gasteiger partial charge >= 0.3 is 5.97 Å². The van der Waals surface area contributed by atoms with E-state index < -0.39 is 0 Å². The molecule has 2 N–H and O–H groups in total. The van der Waals surface area contributed by atoms with Gasteiger partial charge in [0.15, 0.2) is 0 Å².